The number of H-pyrrole nitrogens is 2. The van der Waals surface area contributed by atoms with Crippen LogP contribution >= 0.6 is 11.6 Å². The van der Waals surface area contributed by atoms with Gasteiger partial charge in [-0.25, -0.2) is 4.79 Å². The highest BCUT2D eigenvalue weighted by Crippen LogP contribution is 2.35. The van der Waals surface area contributed by atoms with E-state index in [1.807, 2.05) is 32.0 Å². The zero-order valence-corrected chi connectivity index (χ0v) is 15.4. The first kappa shape index (κ1) is 16.7. The van der Waals surface area contributed by atoms with Gasteiger partial charge in [-0.3, -0.25) is 4.79 Å². The molecule has 0 radical (unpaired) electrons. The summed E-state index contributed by atoms with van der Waals surface area (Å²) in [6.07, 6.45) is 1.43. The van der Waals surface area contributed by atoms with E-state index >= 15 is 0 Å². The maximum absolute atomic E-state index is 13.0. The van der Waals surface area contributed by atoms with Crippen molar-refractivity contribution in [1.29, 1.82) is 0 Å². The minimum atomic E-state index is -0.615. The van der Waals surface area contributed by atoms with E-state index in [2.05, 4.69) is 9.97 Å². The summed E-state index contributed by atoms with van der Waals surface area (Å²) in [5, 5.41) is 3.18. The van der Waals surface area contributed by atoms with E-state index < -0.39 is 5.97 Å². The van der Waals surface area contributed by atoms with Crippen molar-refractivity contribution >= 4 is 50.3 Å². The molecule has 0 saturated heterocycles. The lowest BCUT2D eigenvalue weighted by molar-refractivity contribution is 0.0524. The first-order chi connectivity index (χ1) is 12.4. The van der Waals surface area contributed by atoms with Gasteiger partial charge < -0.3 is 14.7 Å². The van der Waals surface area contributed by atoms with Gasteiger partial charge in [0.2, 0.25) is 5.43 Å². The van der Waals surface area contributed by atoms with E-state index in [9.17, 15) is 9.59 Å². The minimum Gasteiger partial charge on any atom is -0.462 e. The molecule has 5 nitrogen and oxygen atoms in total. The van der Waals surface area contributed by atoms with Crippen LogP contribution in [0.25, 0.3) is 32.7 Å². The van der Waals surface area contributed by atoms with Crippen LogP contribution in [0.5, 0.6) is 0 Å². The van der Waals surface area contributed by atoms with Gasteiger partial charge >= 0.3 is 5.97 Å². The van der Waals surface area contributed by atoms with Crippen LogP contribution in [0.3, 0.4) is 0 Å². The number of aromatic amines is 2. The number of nitrogens with one attached hydrogen (secondary N) is 2. The van der Waals surface area contributed by atoms with Gasteiger partial charge in [0.05, 0.1) is 23.0 Å². The zero-order chi connectivity index (χ0) is 18.6. The fourth-order valence-corrected chi connectivity index (χ4v) is 3.80. The van der Waals surface area contributed by atoms with Crippen molar-refractivity contribution in [1.82, 2.24) is 9.97 Å². The number of fused-ring (bicyclic) bond motifs is 4. The predicted octanol–water partition coefficient (Wildman–Crippen LogP) is 4.61. The average molecular weight is 369 g/mol. The smallest absolute Gasteiger partial charge is 0.343 e. The summed E-state index contributed by atoms with van der Waals surface area (Å²) in [5.74, 6) is -0.615. The highest BCUT2D eigenvalue weighted by molar-refractivity contribution is 6.32. The van der Waals surface area contributed by atoms with Gasteiger partial charge in [-0.1, -0.05) is 11.6 Å². The number of aromatic nitrogens is 2. The van der Waals surface area contributed by atoms with Crippen molar-refractivity contribution < 1.29 is 9.53 Å². The van der Waals surface area contributed by atoms with Gasteiger partial charge in [0.1, 0.15) is 5.56 Å². The molecule has 4 aromatic rings. The number of halogens is 1. The molecule has 0 aliphatic rings. The number of pyridine rings is 1. The molecule has 2 heterocycles. The largest absolute Gasteiger partial charge is 0.462 e. The number of ether oxygens (including phenoxy) is 1. The van der Waals surface area contributed by atoms with Crippen molar-refractivity contribution in [2.75, 3.05) is 6.61 Å². The Morgan fingerprint density at radius 1 is 1.15 bits per heavy atom. The first-order valence-corrected chi connectivity index (χ1v) is 8.74. The maximum atomic E-state index is 13.0. The Morgan fingerprint density at radius 2 is 1.88 bits per heavy atom. The van der Waals surface area contributed by atoms with Crippen molar-refractivity contribution in [3.05, 3.63) is 56.3 Å². The molecule has 4 rings (SSSR count). The van der Waals surface area contributed by atoms with Crippen LogP contribution in [0.1, 0.15) is 28.4 Å². The molecule has 2 N–H and O–H groups in total. The SMILES string of the molecule is CCOC(=O)c1c[nH]c2c(C)c3c([nH]c4ccc(Cl)cc43)c(C)c2c1=O. The Kier molecular flexibility index (Phi) is 3.77. The molecule has 0 spiro atoms. The number of aryl methyl sites for hydroxylation is 2. The minimum absolute atomic E-state index is 0.0142. The fourth-order valence-electron chi connectivity index (χ4n) is 3.63. The van der Waals surface area contributed by atoms with E-state index in [0.29, 0.717) is 15.9 Å². The summed E-state index contributed by atoms with van der Waals surface area (Å²) >= 11 is 6.17. The second kappa shape index (κ2) is 5.88. The standard InChI is InChI=1S/C20H17ClN2O3/c1-4-26-20(25)13-8-22-17-9(2)15-12-7-11(21)5-6-14(12)23-18(15)10(3)16(17)19(13)24/h5-8,23H,4H2,1-3H3,(H,22,24). The summed E-state index contributed by atoms with van der Waals surface area (Å²) < 4.78 is 5.00. The molecular weight excluding hydrogens is 352 g/mol. The van der Waals surface area contributed by atoms with Gasteiger partial charge in [-0.2, -0.15) is 0 Å². The Balaban J connectivity index is 2.17. The van der Waals surface area contributed by atoms with Gasteiger partial charge in [-0.15, -0.1) is 0 Å². The summed E-state index contributed by atoms with van der Waals surface area (Å²) in [6, 6.07) is 5.67. The van der Waals surface area contributed by atoms with Crippen LogP contribution in [-0.4, -0.2) is 22.5 Å². The van der Waals surface area contributed by atoms with E-state index in [1.54, 1.807) is 6.92 Å². The zero-order valence-electron chi connectivity index (χ0n) is 14.6. The summed E-state index contributed by atoms with van der Waals surface area (Å²) in [4.78, 5) is 31.6. The Hall–Kier alpha value is -2.79. The van der Waals surface area contributed by atoms with Gasteiger partial charge in [0, 0.05) is 27.5 Å². The monoisotopic (exact) mass is 368 g/mol. The predicted molar refractivity (Wildman–Crippen MR) is 104 cm³/mol. The van der Waals surface area contributed by atoms with E-state index in [1.165, 1.54) is 6.20 Å². The van der Waals surface area contributed by atoms with Crippen molar-refractivity contribution in [2.45, 2.75) is 20.8 Å². The second-order valence-corrected chi connectivity index (χ2v) is 6.75. The lowest BCUT2D eigenvalue weighted by atomic mass is 9.97. The Bertz CT molecular complexity index is 1270. The fraction of sp³-hybridized carbons (Fsp3) is 0.200. The van der Waals surface area contributed by atoms with Crippen molar-refractivity contribution in [2.24, 2.45) is 0 Å². The number of benzene rings is 2. The summed E-state index contributed by atoms with van der Waals surface area (Å²) in [5.41, 5.74) is 3.95. The number of hydrogen-bond donors (Lipinski definition) is 2. The molecule has 0 amide bonds. The number of carbonyl (C=O) groups is 1. The molecule has 0 saturated carbocycles. The lowest BCUT2D eigenvalue weighted by Crippen LogP contribution is -2.19. The molecule has 6 heteroatoms. The molecule has 0 atom stereocenters. The Labute approximate surface area is 153 Å². The van der Waals surface area contributed by atoms with Gasteiger partial charge in [0.15, 0.2) is 0 Å². The second-order valence-electron chi connectivity index (χ2n) is 6.32. The van der Waals surface area contributed by atoms with Crippen LogP contribution < -0.4 is 5.43 Å². The van der Waals surface area contributed by atoms with Crippen LogP contribution in [0.15, 0.2) is 29.2 Å². The normalized spacial score (nSPS) is 11.5. The van der Waals surface area contributed by atoms with Crippen molar-refractivity contribution in [3.63, 3.8) is 0 Å². The first-order valence-electron chi connectivity index (χ1n) is 8.36. The number of hydrogen-bond acceptors (Lipinski definition) is 3. The van der Waals surface area contributed by atoms with Crippen molar-refractivity contribution in [3.8, 4) is 0 Å². The molecule has 0 fully saturated rings. The Morgan fingerprint density at radius 3 is 2.62 bits per heavy atom. The third kappa shape index (κ3) is 2.24. The highest BCUT2D eigenvalue weighted by atomic mass is 35.5. The molecule has 132 valence electrons. The van der Waals surface area contributed by atoms with Crippen LogP contribution in [0.4, 0.5) is 0 Å². The number of carbonyl (C=O) groups excluding carboxylic acids is 1. The average Bonchev–Trinajstić information content (AvgIpc) is 2.98. The molecular formula is C20H17ClN2O3. The quantitative estimate of drug-likeness (QED) is 0.507. The van der Waals surface area contributed by atoms with Crippen LogP contribution in [0.2, 0.25) is 5.02 Å². The molecule has 0 unspecified atom stereocenters. The maximum Gasteiger partial charge on any atom is 0.343 e. The van der Waals surface area contributed by atoms with E-state index in [-0.39, 0.29) is 17.6 Å². The third-order valence-corrected chi connectivity index (χ3v) is 5.07. The van der Waals surface area contributed by atoms with Crippen LogP contribution in [-0.2, 0) is 4.74 Å². The number of esters is 1. The molecule has 2 aromatic carbocycles. The molecule has 26 heavy (non-hydrogen) atoms. The highest BCUT2D eigenvalue weighted by Gasteiger charge is 2.20. The van der Waals surface area contributed by atoms with Gasteiger partial charge in [-0.05, 0) is 50.1 Å². The van der Waals surface area contributed by atoms with E-state index in [4.69, 9.17) is 16.3 Å². The number of rotatable bonds is 2. The van der Waals surface area contributed by atoms with Crippen LogP contribution in [0, 0.1) is 13.8 Å². The molecule has 2 aromatic heterocycles. The topological polar surface area (TPSA) is 75.0 Å². The molecule has 0 aliphatic carbocycles. The summed E-state index contributed by atoms with van der Waals surface area (Å²) in [7, 11) is 0. The molecule has 0 aliphatic heterocycles. The van der Waals surface area contributed by atoms with E-state index in [0.717, 1.165) is 32.9 Å². The lowest BCUT2D eigenvalue weighted by Gasteiger charge is -2.10. The third-order valence-electron chi connectivity index (χ3n) is 4.84. The molecule has 0 bridgehead atoms. The van der Waals surface area contributed by atoms with Gasteiger partial charge in [0.25, 0.3) is 0 Å². The summed E-state index contributed by atoms with van der Waals surface area (Å²) in [6.45, 7) is 5.77.